The first kappa shape index (κ1) is 14.9. The molecule has 0 aromatic rings. The Hall–Kier alpha value is -0.160. The summed E-state index contributed by atoms with van der Waals surface area (Å²) in [6.07, 6.45) is 3.53. The molecule has 0 aliphatic carbocycles. The molecule has 1 aliphatic heterocycles. The van der Waals surface area contributed by atoms with Gasteiger partial charge in [0.15, 0.2) is 6.29 Å². The molecular formula is C13H28N2O2. The van der Waals surface area contributed by atoms with Crippen molar-refractivity contribution in [3.05, 3.63) is 0 Å². The number of hydrogen-bond acceptors (Lipinski definition) is 4. The monoisotopic (exact) mass is 244 g/mol. The second-order valence-corrected chi connectivity index (χ2v) is 4.56. The van der Waals surface area contributed by atoms with E-state index in [2.05, 4.69) is 17.3 Å². The first-order valence-corrected chi connectivity index (χ1v) is 6.93. The molecule has 4 heteroatoms. The number of nitrogens with one attached hydrogen (secondary N) is 1. The summed E-state index contributed by atoms with van der Waals surface area (Å²) in [4.78, 5) is 2.51. The van der Waals surface area contributed by atoms with Crippen LogP contribution in [0, 0.1) is 0 Å². The maximum Gasteiger partial charge on any atom is 0.158 e. The molecule has 0 bridgehead atoms. The molecule has 4 nitrogen and oxygen atoms in total. The van der Waals surface area contributed by atoms with Crippen LogP contribution in [0.5, 0.6) is 0 Å². The van der Waals surface area contributed by atoms with Crippen LogP contribution in [0.1, 0.15) is 33.1 Å². The van der Waals surface area contributed by atoms with Crippen molar-refractivity contribution in [3.63, 3.8) is 0 Å². The van der Waals surface area contributed by atoms with E-state index in [1.54, 1.807) is 0 Å². The standard InChI is InChI=1S/C13H28N2O2/c1-4-16-13(17-5-2)8-10-15-9-6-7-12(11-15)14-3/h12-14H,4-11H2,1-3H3. The van der Waals surface area contributed by atoms with Gasteiger partial charge in [0.2, 0.25) is 0 Å². The number of hydrogen-bond donors (Lipinski definition) is 1. The summed E-state index contributed by atoms with van der Waals surface area (Å²) in [5, 5.41) is 3.37. The molecule has 1 rings (SSSR count). The molecule has 1 atom stereocenters. The fourth-order valence-corrected chi connectivity index (χ4v) is 2.37. The van der Waals surface area contributed by atoms with Crippen molar-refractivity contribution in [2.45, 2.75) is 45.4 Å². The molecule has 1 heterocycles. The Bertz CT molecular complexity index is 184. The lowest BCUT2D eigenvalue weighted by atomic mass is 10.1. The number of nitrogens with zero attached hydrogens (tertiary/aromatic N) is 1. The Balaban J connectivity index is 2.22. The number of likely N-dealkylation sites (tertiary alicyclic amines) is 1. The minimum absolute atomic E-state index is 0.0278. The van der Waals surface area contributed by atoms with Crippen LogP contribution in [0.15, 0.2) is 0 Å². The fourth-order valence-electron chi connectivity index (χ4n) is 2.37. The summed E-state index contributed by atoms with van der Waals surface area (Å²) < 4.78 is 11.1. The van der Waals surface area contributed by atoms with Gasteiger partial charge in [0, 0.05) is 38.8 Å². The van der Waals surface area contributed by atoms with Crippen molar-refractivity contribution >= 4 is 0 Å². The molecule has 0 spiro atoms. The van der Waals surface area contributed by atoms with Gasteiger partial charge in [0.05, 0.1) is 0 Å². The van der Waals surface area contributed by atoms with Gasteiger partial charge in [-0.25, -0.2) is 0 Å². The zero-order valence-electron chi connectivity index (χ0n) is 11.6. The van der Waals surface area contributed by atoms with Crippen LogP contribution < -0.4 is 5.32 Å². The van der Waals surface area contributed by atoms with E-state index in [0.717, 1.165) is 32.7 Å². The molecule has 1 aliphatic rings. The molecule has 1 fully saturated rings. The van der Waals surface area contributed by atoms with E-state index in [1.165, 1.54) is 19.4 Å². The quantitative estimate of drug-likeness (QED) is 0.655. The predicted octanol–water partition coefficient (Wildman–Crippen LogP) is 1.46. The van der Waals surface area contributed by atoms with Gasteiger partial charge >= 0.3 is 0 Å². The summed E-state index contributed by atoms with van der Waals surface area (Å²) in [6.45, 7) is 8.93. The molecule has 0 aromatic heterocycles. The zero-order valence-corrected chi connectivity index (χ0v) is 11.6. The van der Waals surface area contributed by atoms with E-state index >= 15 is 0 Å². The van der Waals surface area contributed by atoms with Crippen LogP contribution in [0.2, 0.25) is 0 Å². The predicted molar refractivity (Wildman–Crippen MR) is 70.2 cm³/mol. The minimum Gasteiger partial charge on any atom is -0.353 e. The van der Waals surface area contributed by atoms with Crippen LogP contribution in [0.25, 0.3) is 0 Å². The van der Waals surface area contributed by atoms with Gasteiger partial charge in [-0.2, -0.15) is 0 Å². The van der Waals surface area contributed by atoms with Crippen molar-refractivity contribution < 1.29 is 9.47 Å². The van der Waals surface area contributed by atoms with Gasteiger partial charge < -0.3 is 19.7 Å². The smallest absolute Gasteiger partial charge is 0.158 e. The van der Waals surface area contributed by atoms with Crippen molar-refractivity contribution in [2.24, 2.45) is 0 Å². The van der Waals surface area contributed by atoms with E-state index in [9.17, 15) is 0 Å². The number of piperidine rings is 1. The van der Waals surface area contributed by atoms with E-state index in [4.69, 9.17) is 9.47 Å². The Kier molecular flexibility index (Phi) is 7.77. The number of rotatable bonds is 8. The lowest BCUT2D eigenvalue weighted by Crippen LogP contribution is -2.45. The Morgan fingerprint density at radius 1 is 1.29 bits per heavy atom. The third-order valence-electron chi connectivity index (χ3n) is 3.30. The molecule has 1 saturated heterocycles. The topological polar surface area (TPSA) is 33.7 Å². The highest BCUT2D eigenvalue weighted by atomic mass is 16.7. The highest BCUT2D eigenvalue weighted by Crippen LogP contribution is 2.11. The van der Waals surface area contributed by atoms with Gasteiger partial charge in [-0.3, -0.25) is 0 Å². The molecule has 1 unspecified atom stereocenters. The van der Waals surface area contributed by atoms with Crippen LogP contribution in [-0.2, 0) is 9.47 Å². The largest absolute Gasteiger partial charge is 0.353 e. The van der Waals surface area contributed by atoms with Crippen LogP contribution >= 0.6 is 0 Å². The summed E-state index contributed by atoms with van der Waals surface area (Å²) in [7, 11) is 2.05. The third-order valence-corrected chi connectivity index (χ3v) is 3.30. The second-order valence-electron chi connectivity index (χ2n) is 4.56. The van der Waals surface area contributed by atoms with Gasteiger partial charge in [0.1, 0.15) is 0 Å². The first-order chi connectivity index (χ1) is 8.30. The van der Waals surface area contributed by atoms with Crippen molar-refractivity contribution in [1.29, 1.82) is 0 Å². The molecule has 17 heavy (non-hydrogen) atoms. The molecular weight excluding hydrogens is 216 g/mol. The Labute approximate surface area is 106 Å². The van der Waals surface area contributed by atoms with E-state index in [1.807, 2.05) is 13.8 Å². The van der Waals surface area contributed by atoms with Crippen LogP contribution in [0.3, 0.4) is 0 Å². The van der Waals surface area contributed by atoms with Crippen LogP contribution in [-0.4, -0.2) is 57.1 Å². The van der Waals surface area contributed by atoms with E-state index in [-0.39, 0.29) is 6.29 Å². The Morgan fingerprint density at radius 3 is 2.59 bits per heavy atom. The lowest BCUT2D eigenvalue weighted by Gasteiger charge is -2.33. The molecule has 102 valence electrons. The zero-order chi connectivity index (χ0) is 12.5. The van der Waals surface area contributed by atoms with Gasteiger partial charge in [0.25, 0.3) is 0 Å². The average molecular weight is 244 g/mol. The first-order valence-electron chi connectivity index (χ1n) is 6.93. The number of likely N-dealkylation sites (N-methyl/N-ethyl adjacent to an activating group) is 1. The number of ether oxygens (including phenoxy) is 2. The maximum atomic E-state index is 5.56. The van der Waals surface area contributed by atoms with Crippen molar-refractivity contribution in [3.8, 4) is 0 Å². The molecule has 0 radical (unpaired) electrons. The Morgan fingerprint density at radius 2 is 2.00 bits per heavy atom. The van der Waals surface area contributed by atoms with Gasteiger partial charge in [-0.15, -0.1) is 0 Å². The molecule has 1 N–H and O–H groups in total. The van der Waals surface area contributed by atoms with E-state index in [0.29, 0.717) is 6.04 Å². The van der Waals surface area contributed by atoms with Gasteiger partial charge in [-0.1, -0.05) is 0 Å². The highest BCUT2D eigenvalue weighted by molar-refractivity contribution is 4.76. The summed E-state index contributed by atoms with van der Waals surface area (Å²) >= 11 is 0. The molecule has 0 amide bonds. The highest BCUT2D eigenvalue weighted by Gasteiger charge is 2.19. The molecule has 0 aromatic carbocycles. The van der Waals surface area contributed by atoms with Crippen molar-refractivity contribution in [2.75, 3.05) is 39.9 Å². The summed E-state index contributed by atoms with van der Waals surface area (Å²) in [5.41, 5.74) is 0. The second kappa shape index (κ2) is 8.86. The van der Waals surface area contributed by atoms with Crippen molar-refractivity contribution in [1.82, 2.24) is 10.2 Å². The van der Waals surface area contributed by atoms with Gasteiger partial charge in [-0.05, 0) is 40.3 Å². The molecule has 0 saturated carbocycles. The lowest BCUT2D eigenvalue weighted by molar-refractivity contribution is -0.142. The summed E-state index contributed by atoms with van der Waals surface area (Å²) in [6, 6.07) is 0.654. The minimum atomic E-state index is -0.0278. The SMILES string of the molecule is CCOC(CCN1CCCC(NC)C1)OCC. The average Bonchev–Trinajstić information content (AvgIpc) is 2.37. The fraction of sp³-hybridized carbons (Fsp3) is 1.00. The maximum absolute atomic E-state index is 5.56. The third kappa shape index (κ3) is 5.82. The summed E-state index contributed by atoms with van der Waals surface area (Å²) in [5.74, 6) is 0. The normalized spacial score (nSPS) is 22.2. The van der Waals surface area contributed by atoms with E-state index < -0.39 is 0 Å². The van der Waals surface area contributed by atoms with Crippen LogP contribution in [0.4, 0.5) is 0 Å².